The standard InChI is InChI=1S/C12H19N3O2/c1-12(2,3)15-9-7-14(4)6-5-8(9)10(13-15)11(16)17/h5-7H2,1-4H3,(H,16,17). The molecule has 2 heterocycles. The molecule has 5 nitrogen and oxygen atoms in total. The summed E-state index contributed by atoms with van der Waals surface area (Å²) in [6.07, 6.45) is 0.767. The minimum Gasteiger partial charge on any atom is -0.476 e. The van der Waals surface area contributed by atoms with E-state index in [0.717, 1.165) is 30.8 Å². The van der Waals surface area contributed by atoms with Gasteiger partial charge in [0.1, 0.15) is 0 Å². The molecule has 1 aromatic heterocycles. The molecular formula is C12H19N3O2. The van der Waals surface area contributed by atoms with E-state index < -0.39 is 5.97 Å². The Morgan fingerprint density at radius 3 is 2.59 bits per heavy atom. The van der Waals surface area contributed by atoms with Crippen LogP contribution < -0.4 is 0 Å². The van der Waals surface area contributed by atoms with Gasteiger partial charge in [-0.3, -0.25) is 4.68 Å². The third-order valence-corrected chi connectivity index (χ3v) is 3.09. The zero-order valence-electron chi connectivity index (χ0n) is 10.8. The number of rotatable bonds is 1. The lowest BCUT2D eigenvalue weighted by atomic mass is 10.0. The number of carboxylic acid groups (broad SMARTS) is 1. The van der Waals surface area contributed by atoms with Gasteiger partial charge in [-0.25, -0.2) is 4.79 Å². The first-order chi connectivity index (χ1) is 7.80. The van der Waals surface area contributed by atoms with Crippen molar-refractivity contribution < 1.29 is 9.90 Å². The van der Waals surface area contributed by atoms with Gasteiger partial charge in [0.15, 0.2) is 5.69 Å². The Morgan fingerprint density at radius 1 is 1.41 bits per heavy atom. The molecule has 0 radical (unpaired) electrons. The van der Waals surface area contributed by atoms with Gasteiger partial charge in [0.2, 0.25) is 0 Å². The SMILES string of the molecule is CN1CCc2c(C(=O)O)nn(C(C)(C)C)c2C1. The highest BCUT2D eigenvalue weighted by atomic mass is 16.4. The Labute approximate surface area is 101 Å². The van der Waals surface area contributed by atoms with Crippen molar-refractivity contribution in [2.45, 2.75) is 39.3 Å². The smallest absolute Gasteiger partial charge is 0.356 e. The molecule has 0 spiro atoms. The van der Waals surface area contributed by atoms with E-state index in [4.69, 9.17) is 0 Å². The highest BCUT2D eigenvalue weighted by Gasteiger charge is 2.30. The van der Waals surface area contributed by atoms with Crippen molar-refractivity contribution in [2.75, 3.05) is 13.6 Å². The van der Waals surface area contributed by atoms with Gasteiger partial charge in [-0.05, 0) is 34.2 Å². The van der Waals surface area contributed by atoms with Crippen LogP contribution in [0.4, 0.5) is 0 Å². The van der Waals surface area contributed by atoms with Crippen LogP contribution in [0.1, 0.15) is 42.5 Å². The average molecular weight is 237 g/mol. The summed E-state index contributed by atoms with van der Waals surface area (Å²) in [6.45, 7) is 7.79. The van der Waals surface area contributed by atoms with Crippen LogP contribution in [-0.2, 0) is 18.5 Å². The maximum absolute atomic E-state index is 11.2. The zero-order valence-corrected chi connectivity index (χ0v) is 10.8. The number of carbonyl (C=O) groups is 1. The van der Waals surface area contributed by atoms with Crippen LogP contribution in [0.25, 0.3) is 0 Å². The third kappa shape index (κ3) is 2.07. The number of likely N-dealkylation sites (N-methyl/N-ethyl adjacent to an activating group) is 1. The summed E-state index contributed by atoms with van der Waals surface area (Å²) in [6, 6.07) is 0. The minimum absolute atomic E-state index is 0.185. The predicted octanol–water partition coefficient (Wildman–Crippen LogP) is 1.32. The molecule has 0 unspecified atom stereocenters. The maximum atomic E-state index is 11.2. The quantitative estimate of drug-likeness (QED) is 0.800. The lowest BCUT2D eigenvalue weighted by molar-refractivity contribution is 0.0687. The van der Waals surface area contributed by atoms with Crippen molar-refractivity contribution in [3.05, 3.63) is 17.0 Å². The van der Waals surface area contributed by atoms with Gasteiger partial charge >= 0.3 is 5.97 Å². The number of carboxylic acids is 1. The second-order valence-electron chi connectivity index (χ2n) is 5.65. The van der Waals surface area contributed by atoms with Gasteiger partial charge in [0.05, 0.1) is 11.2 Å². The molecule has 5 heteroatoms. The van der Waals surface area contributed by atoms with E-state index in [-0.39, 0.29) is 11.2 Å². The van der Waals surface area contributed by atoms with Crippen molar-refractivity contribution >= 4 is 5.97 Å². The lowest BCUT2D eigenvalue weighted by Crippen LogP contribution is -2.32. The number of nitrogens with zero attached hydrogens (tertiary/aromatic N) is 3. The Morgan fingerprint density at radius 2 is 2.06 bits per heavy atom. The van der Waals surface area contributed by atoms with Crippen LogP contribution in [0.2, 0.25) is 0 Å². The van der Waals surface area contributed by atoms with Gasteiger partial charge in [0.25, 0.3) is 0 Å². The molecular weight excluding hydrogens is 218 g/mol. The topological polar surface area (TPSA) is 58.4 Å². The van der Waals surface area contributed by atoms with Gasteiger partial charge in [-0.15, -0.1) is 0 Å². The fraction of sp³-hybridized carbons (Fsp3) is 0.667. The number of aromatic nitrogens is 2. The van der Waals surface area contributed by atoms with Crippen molar-refractivity contribution in [1.82, 2.24) is 14.7 Å². The largest absolute Gasteiger partial charge is 0.476 e. The summed E-state index contributed by atoms with van der Waals surface area (Å²) in [5.74, 6) is -0.922. The van der Waals surface area contributed by atoms with E-state index in [9.17, 15) is 9.90 Å². The lowest BCUT2D eigenvalue weighted by Gasteiger charge is -2.28. The molecule has 1 aromatic rings. The number of aromatic carboxylic acids is 1. The van der Waals surface area contributed by atoms with Crippen molar-refractivity contribution in [3.63, 3.8) is 0 Å². The number of hydrogen-bond donors (Lipinski definition) is 1. The molecule has 0 amide bonds. The van der Waals surface area contributed by atoms with E-state index >= 15 is 0 Å². The molecule has 0 fully saturated rings. The number of hydrogen-bond acceptors (Lipinski definition) is 3. The summed E-state index contributed by atoms with van der Waals surface area (Å²) in [5.41, 5.74) is 1.99. The molecule has 2 rings (SSSR count). The van der Waals surface area contributed by atoms with Gasteiger partial charge in [-0.1, -0.05) is 0 Å². The first kappa shape index (κ1) is 12.1. The molecule has 94 valence electrons. The maximum Gasteiger partial charge on any atom is 0.356 e. The van der Waals surface area contributed by atoms with E-state index in [1.165, 1.54) is 0 Å². The minimum atomic E-state index is -0.922. The van der Waals surface area contributed by atoms with E-state index in [1.807, 2.05) is 32.5 Å². The molecule has 0 saturated carbocycles. The first-order valence-electron chi connectivity index (χ1n) is 5.84. The molecule has 0 bridgehead atoms. The zero-order chi connectivity index (χ0) is 12.8. The molecule has 0 aromatic carbocycles. The Bertz CT molecular complexity index is 457. The van der Waals surface area contributed by atoms with Gasteiger partial charge in [-0.2, -0.15) is 5.10 Å². The highest BCUT2D eigenvalue weighted by Crippen LogP contribution is 2.26. The van der Waals surface area contributed by atoms with Gasteiger partial charge < -0.3 is 10.0 Å². The molecule has 1 aliphatic heterocycles. The van der Waals surface area contributed by atoms with Crippen LogP contribution in [0, 0.1) is 0 Å². The van der Waals surface area contributed by atoms with Gasteiger partial charge in [0, 0.05) is 18.7 Å². The van der Waals surface area contributed by atoms with Crippen molar-refractivity contribution in [3.8, 4) is 0 Å². The second kappa shape index (κ2) is 3.84. The second-order valence-corrected chi connectivity index (χ2v) is 5.65. The Kier molecular flexibility index (Phi) is 2.73. The van der Waals surface area contributed by atoms with Crippen molar-refractivity contribution in [2.24, 2.45) is 0 Å². The van der Waals surface area contributed by atoms with Crippen LogP contribution in [0.15, 0.2) is 0 Å². The van der Waals surface area contributed by atoms with Crippen molar-refractivity contribution in [1.29, 1.82) is 0 Å². The predicted molar refractivity (Wildman–Crippen MR) is 64.2 cm³/mol. The van der Waals surface area contributed by atoms with Crippen LogP contribution in [0.3, 0.4) is 0 Å². The van der Waals surface area contributed by atoms with Crippen LogP contribution >= 0.6 is 0 Å². The molecule has 0 atom stereocenters. The first-order valence-corrected chi connectivity index (χ1v) is 5.84. The Balaban J connectivity index is 2.58. The summed E-state index contributed by atoms with van der Waals surface area (Å²) in [4.78, 5) is 13.4. The summed E-state index contributed by atoms with van der Waals surface area (Å²) in [7, 11) is 2.05. The van der Waals surface area contributed by atoms with E-state index in [2.05, 4.69) is 10.00 Å². The summed E-state index contributed by atoms with van der Waals surface area (Å²) >= 11 is 0. The Hall–Kier alpha value is -1.36. The number of fused-ring (bicyclic) bond motifs is 1. The molecule has 0 saturated heterocycles. The average Bonchev–Trinajstić information content (AvgIpc) is 2.55. The third-order valence-electron chi connectivity index (χ3n) is 3.09. The van der Waals surface area contributed by atoms with E-state index in [0.29, 0.717) is 0 Å². The van der Waals surface area contributed by atoms with Crippen LogP contribution in [-0.4, -0.2) is 39.3 Å². The molecule has 0 aliphatic carbocycles. The summed E-state index contributed by atoms with van der Waals surface area (Å²) in [5, 5.41) is 13.5. The van der Waals surface area contributed by atoms with E-state index in [1.54, 1.807) is 0 Å². The molecule has 1 aliphatic rings. The highest BCUT2D eigenvalue weighted by molar-refractivity contribution is 5.87. The fourth-order valence-corrected chi connectivity index (χ4v) is 2.27. The van der Waals surface area contributed by atoms with Crippen LogP contribution in [0.5, 0.6) is 0 Å². The molecule has 17 heavy (non-hydrogen) atoms. The normalized spacial score (nSPS) is 16.9. The molecule has 1 N–H and O–H groups in total. The summed E-state index contributed by atoms with van der Waals surface area (Å²) < 4.78 is 1.86. The monoisotopic (exact) mass is 237 g/mol. The fourth-order valence-electron chi connectivity index (χ4n) is 2.27.